The highest BCUT2D eigenvalue weighted by Gasteiger charge is 2.57. The molecule has 3 aliphatic rings. The first kappa shape index (κ1) is 18.4. The highest BCUT2D eigenvalue weighted by Crippen LogP contribution is 2.62. The number of carbonyl (C=O) groups excluding carboxylic acids is 2. The first-order valence-corrected chi connectivity index (χ1v) is 10.7. The maximum atomic E-state index is 13.6. The van der Waals surface area contributed by atoms with Crippen molar-refractivity contribution >= 4 is 22.9 Å². The van der Waals surface area contributed by atoms with E-state index in [0.29, 0.717) is 35.7 Å². The minimum Gasteiger partial charge on any atom is -0.462 e. The van der Waals surface area contributed by atoms with Gasteiger partial charge in [-0.15, -0.1) is 0 Å². The van der Waals surface area contributed by atoms with Gasteiger partial charge in [0.15, 0.2) is 5.78 Å². The summed E-state index contributed by atoms with van der Waals surface area (Å²) in [5.41, 5.74) is 5.95. The standard InChI is InChI=1S/C26H26O3/c1-3-29-26(28)18-10-8-16(9-11-18)21-22-19-12-13-20(14-19)24(22)25(27)23(21)17-6-4-15(2)5-7-17/h4-11,19-20,22,24H,3,12-14H2,1-2H3/t19-,20+,22?,24?/m1/s1. The van der Waals surface area contributed by atoms with Gasteiger partial charge in [-0.05, 0) is 79.7 Å². The molecule has 0 heterocycles. The van der Waals surface area contributed by atoms with Crippen molar-refractivity contribution < 1.29 is 14.3 Å². The fraction of sp³-hybridized carbons (Fsp3) is 0.385. The smallest absolute Gasteiger partial charge is 0.338 e. The molecule has 2 aromatic rings. The van der Waals surface area contributed by atoms with E-state index in [4.69, 9.17) is 4.74 Å². The van der Waals surface area contributed by atoms with Gasteiger partial charge in [0.05, 0.1) is 12.2 Å². The minimum absolute atomic E-state index is 0.143. The molecule has 5 rings (SSSR count). The number of esters is 1. The second-order valence-corrected chi connectivity index (χ2v) is 8.70. The summed E-state index contributed by atoms with van der Waals surface area (Å²) < 4.78 is 5.12. The van der Waals surface area contributed by atoms with Crippen molar-refractivity contribution in [1.29, 1.82) is 0 Å². The van der Waals surface area contributed by atoms with E-state index in [9.17, 15) is 9.59 Å². The molecule has 0 saturated heterocycles. The number of hydrogen-bond acceptors (Lipinski definition) is 3. The summed E-state index contributed by atoms with van der Waals surface area (Å²) in [7, 11) is 0. The molecule has 2 bridgehead atoms. The summed E-state index contributed by atoms with van der Waals surface area (Å²) >= 11 is 0. The van der Waals surface area contributed by atoms with Crippen LogP contribution < -0.4 is 0 Å². The Bertz CT molecular complexity index is 997. The van der Waals surface area contributed by atoms with Gasteiger partial charge in [0.2, 0.25) is 0 Å². The van der Waals surface area contributed by atoms with Crippen molar-refractivity contribution in [2.75, 3.05) is 6.61 Å². The van der Waals surface area contributed by atoms with E-state index in [-0.39, 0.29) is 11.9 Å². The van der Waals surface area contributed by atoms with Gasteiger partial charge >= 0.3 is 5.97 Å². The Morgan fingerprint density at radius 3 is 2.21 bits per heavy atom. The van der Waals surface area contributed by atoms with Gasteiger partial charge in [0.1, 0.15) is 0 Å². The van der Waals surface area contributed by atoms with Crippen LogP contribution in [0, 0.1) is 30.6 Å². The Balaban J connectivity index is 1.62. The first-order valence-electron chi connectivity index (χ1n) is 10.7. The molecule has 3 nitrogen and oxygen atoms in total. The third-order valence-corrected chi connectivity index (χ3v) is 7.12. The van der Waals surface area contributed by atoms with Gasteiger partial charge in [-0.3, -0.25) is 4.79 Å². The van der Waals surface area contributed by atoms with E-state index in [0.717, 1.165) is 16.7 Å². The van der Waals surface area contributed by atoms with E-state index in [1.807, 2.05) is 31.2 Å². The normalized spacial score (nSPS) is 27.4. The number of benzene rings is 2. The molecule has 0 N–H and O–H groups in total. The van der Waals surface area contributed by atoms with Gasteiger partial charge in [-0.1, -0.05) is 42.0 Å². The molecule has 29 heavy (non-hydrogen) atoms. The molecule has 2 fully saturated rings. The number of ether oxygens (including phenoxy) is 1. The summed E-state index contributed by atoms with van der Waals surface area (Å²) in [6, 6.07) is 16.0. The lowest BCUT2D eigenvalue weighted by atomic mass is 9.77. The number of aryl methyl sites for hydroxylation is 1. The van der Waals surface area contributed by atoms with Crippen LogP contribution in [0.3, 0.4) is 0 Å². The van der Waals surface area contributed by atoms with Crippen LogP contribution in [-0.4, -0.2) is 18.4 Å². The van der Waals surface area contributed by atoms with E-state index < -0.39 is 0 Å². The van der Waals surface area contributed by atoms with Crippen molar-refractivity contribution in [3.63, 3.8) is 0 Å². The lowest BCUT2D eigenvalue weighted by Crippen LogP contribution is -2.24. The third kappa shape index (κ3) is 2.87. The van der Waals surface area contributed by atoms with E-state index in [1.165, 1.54) is 30.4 Å². The summed E-state index contributed by atoms with van der Waals surface area (Å²) in [6.45, 7) is 4.24. The number of ketones is 1. The number of rotatable bonds is 4. The SMILES string of the molecule is CCOC(=O)c1ccc(C2=C(c3ccc(C)cc3)C(=O)C3C2[C@@H]2CC[C@H]3C2)cc1. The zero-order valence-electron chi connectivity index (χ0n) is 17.0. The zero-order valence-corrected chi connectivity index (χ0v) is 17.0. The average Bonchev–Trinajstić information content (AvgIpc) is 3.42. The van der Waals surface area contributed by atoms with E-state index in [1.54, 1.807) is 0 Å². The average molecular weight is 386 g/mol. The van der Waals surface area contributed by atoms with Crippen LogP contribution in [-0.2, 0) is 9.53 Å². The highest BCUT2D eigenvalue weighted by molar-refractivity contribution is 6.32. The number of allylic oxidation sites excluding steroid dienone is 2. The molecular formula is C26H26O3. The maximum Gasteiger partial charge on any atom is 0.338 e. The molecule has 0 aromatic heterocycles. The quantitative estimate of drug-likeness (QED) is 0.667. The monoisotopic (exact) mass is 386 g/mol. The van der Waals surface area contributed by atoms with Crippen LogP contribution >= 0.6 is 0 Å². The second-order valence-electron chi connectivity index (χ2n) is 8.70. The van der Waals surface area contributed by atoms with E-state index >= 15 is 0 Å². The molecule has 4 atom stereocenters. The van der Waals surface area contributed by atoms with Crippen molar-refractivity contribution in [2.45, 2.75) is 33.1 Å². The largest absolute Gasteiger partial charge is 0.462 e. The van der Waals surface area contributed by atoms with Crippen molar-refractivity contribution in [3.05, 3.63) is 70.8 Å². The van der Waals surface area contributed by atoms with E-state index in [2.05, 4.69) is 31.2 Å². The van der Waals surface area contributed by atoms with Crippen molar-refractivity contribution in [3.8, 4) is 0 Å². The molecule has 3 aliphatic carbocycles. The summed E-state index contributed by atoms with van der Waals surface area (Å²) in [5, 5.41) is 0. The predicted molar refractivity (Wildman–Crippen MR) is 113 cm³/mol. The molecule has 0 aliphatic heterocycles. The van der Waals surface area contributed by atoms with Gasteiger partial charge in [-0.25, -0.2) is 4.79 Å². The van der Waals surface area contributed by atoms with Gasteiger partial charge in [0, 0.05) is 11.5 Å². The molecule has 148 valence electrons. The lowest BCUT2D eigenvalue weighted by molar-refractivity contribution is -0.118. The summed E-state index contributed by atoms with van der Waals surface area (Å²) in [5.74, 6) is 1.64. The third-order valence-electron chi connectivity index (χ3n) is 7.12. The number of hydrogen-bond donors (Lipinski definition) is 0. The van der Waals surface area contributed by atoms with Crippen LogP contribution in [0.2, 0.25) is 0 Å². The van der Waals surface area contributed by atoms with Crippen molar-refractivity contribution in [1.82, 2.24) is 0 Å². The topological polar surface area (TPSA) is 43.4 Å². The predicted octanol–water partition coefficient (Wildman–Crippen LogP) is 5.33. The Kier molecular flexibility index (Phi) is 4.42. The first-order chi connectivity index (χ1) is 14.1. The fourth-order valence-corrected chi connectivity index (χ4v) is 5.91. The Morgan fingerprint density at radius 2 is 1.55 bits per heavy atom. The van der Waals surface area contributed by atoms with Crippen LogP contribution in [0.5, 0.6) is 0 Å². The number of fused-ring (bicyclic) bond motifs is 5. The molecular weight excluding hydrogens is 360 g/mol. The van der Waals surface area contributed by atoms with Gasteiger partial charge in [0.25, 0.3) is 0 Å². The van der Waals surface area contributed by atoms with Crippen LogP contribution in [0.25, 0.3) is 11.1 Å². The second kappa shape index (κ2) is 6.98. The summed E-state index contributed by atoms with van der Waals surface area (Å²) in [6.07, 6.45) is 3.60. The van der Waals surface area contributed by atoms with Crippen LogP contribution in [0.4, 0.5) is 0 Å². The molecule has 3 heteroatoms. The van der Waals surface area contributed by atoms with Gasteiger partial charge in [-0.2, -0.15) is 0 Å². The Hall–Kier alpha value is -2.68. The maximum absolute atomic E-state index is 13.6. The molecule has 2 aromatic carbocycles. The fourth-order valence-electron chi connectivity index (χ4n) is 5.91. The number of Topliss-reactive ketones (excluding diaryl/α,β-unsaturated/α-hetero) is 1. The molecule has 2 unspecified atom stereocenters. The zero-order chi connectivity index (χ0) is 20.1. The van der Waals surface area contributed by atoms with Crippen molar-refractivity contribution in [2.24, 2.45) is 23.7 Å². The highest BCUT2D eigenvalue weighted by atomic mass is 16.5. The Labute approximate surface area is 171 Å². The molecule has 0 spiro atoms. The molecule has 2 saturated carbocycles. The summed E-state index contributed by atoms with van der Waals surface area (Å²) in [4.78, 5) is 25.6. The molecule has 0 amide bonds. The Morgan fingerprint density at radius 1 is 0.931 bits per heavy atom. The van der Waals surface area contributed by atoms with Gasteiger partial charge < -0.3 is 4.74 Å². The number of carbonyl (C=O) groups is 2. The lowest BCUT2D eigenvalue weighted by Gasteiger charge is -2.26. The van der Waals surface area contributed by atoms with Crippen LogP contribution in [0.1, 0.15) is 53.2 Å². The minimum atomic E-state index is -0.299. The van der Waals surface area contributed by atoms with Crippen LogP contribution in [0.15, 0.2) is 48.5 Å². The molecule has 0 radical (unpaired) electrons.